The number of benzene rings is 2. The first-order valence-corrected chi connectivity index (χ1v) is 9.80. The van der Waals surface area contributed by atoms with Crippen molar-refractivity contribution in [1.29, 1.82) is 0 Å². The minimum atomic E-state index is -0.433. The van der Waals surface area contributed by atoms with E-state index in [1.165, 1.54) is 6.92 Å². The molecule has 0 aliphatic carbocycles. The van der Waals surface area contributed by atoms with Crippen LogP contribution in [0.15, 0.2) is 48.5 Å². The molecular formula is C22H24N6O3. The van der Waals surface area contributed by atoms with Gasteiger partial charge in [-0.3, -0.25) is 9.59 Å². The minimum Gasteiger partial charge on any atom is -0.457 e. The first-order chi connectivity index (χ1) is 14.9. The van der Waals surface area contributed by atoms with E-state index in [4.69, 9.17) is 10.5 Å². The SMILES string of the molecule is CCc1ccccc1Nc1nc(N)nc(COC(=O)Cc2ccc(NC(C)=O)cc2)n1. The molecule has 1 aromatic heterocycles. The molecule has 0 radical (unpaired) electrons. The van der Waals surface area contributed by atoms with Crippen molar-refractivity contribution in [3.63, 3.8) is 0 Å². The molecule has 9 heteroatoms. The van der Waals surface area contributed by atoms with Gasteiger partial charge in [0.15, 0.2) is 12.4 Å². The fraction of sp³-hybridized carbons (Fsp3) is 0.227. The number of nitrogens with two attached hydrogens (primary N) is 1. The standard InChI is InChI=1S/C22H24N6O3/c1-3-16-6-4-5-7-18(16)25-22-27-19(26-21(23)28-22)13-31-20(30)12-15-8-10-17(11-9-15)24-14(2)29/h4-11H,3,12-13H2,1-2H3,(H,24,29)(H3,23,25,26,27,28). The van der Waals surface area contributed by atoms with Crippen LogP contribution >= 0.6 is 0 Å². The van der Waals surface area contributed by atoms with E-state index >= 15 is 0 Å². The van der Waals surface area contributed by atoms with E-state index in [0.717, 1.165) is 23.2 Å². The van der Waals surface area contributed by atoms with Crippen LogP contribution in [0.2, 0.25) is 0 Å². The summed E-state index contributed by atoms with van der Waals surface area (Å²) in [7, 11) is 0. The highest BCUT2D eigenvalue weighted by Crippen LogP contribution is 2.19. The Labute approximate surface area is 180 Å². The van der Waals surface area contributed by atoms with Crippen molar-refractivity contribution in [2.24, 2.45) is 0 Å². The summed E-state index contributed by atoms with van der Waals surface area (Å²) >= 11 is 0. The van der Waals surface area contributed by atoms with Gasteiger partial charge < -0.3 is 21.1 Å². The van der Waals surface area contributed by atoms with E-state index in [2.05, 4.69) is 32.5 Å². The maximum Gasteiger partial charge on any atom is 0.310 e. The number of esters is 1. The smallest absolute Gasteiger partial charge is 0.310 e. The highest BCUT2D eigenvalue weighted by Gasteiger charge is 2.11. The van der Waals surface area contributed by atoms with E-state index in [-0.39, 0.29) is 36.7 Å². The van der Waals surface area contributed by atoms with Crippen LogP contribution in [0, 0.1) is 0 Å². The zero-order valence-corrected chi connectivity index (χ0v) is 17.4. The van der Waals surface area contributed by atoms with Crippen molar-refractivity contribution in [2.45, 2.75) is 33.3 Å². The van der Waals surface area contributed by atoms with Gasteiger partial charge in [0, 0.05) is 18.3 Å². The predicted octanol–water partition coefficient (Wildman–Crippen LogP) is 3.00. The zero-order chi connectivity index (χ0) is 22.2. The largest absolute Gasteiger partial charge is 0.457 e. The Morgan fingerprint density at radius 3 is 2.48 bits per heavy atom. The lowest BCUT2D eigenvalue weighted by Gasteiger charge is -2.11. The number of para-hydroxylation sites is 1. The number of hydrogen-bond donors (Lipinski definition) is 3. The molecule has 1 amide bonds. The fourth-order valence-electron chi connectivity index (χ4n) is 2.90. The molecule has 3 rings (SSSR count). The van der Waals surface area contributed by atoms with Crippen LogP contribution in [-0.4, -0.2) is 26.8 Å². The number of ether oxygens (including phenoxy) is 1. The van der Waals surface area contributed by atoms with Gasteiger partial charge in [-0.25, -0.2) is 0 Å². The van der Waals surface area contributed by atoms with Crippen molar-refractivity contribution >= 4 is 35.1 Å². The normalized spacial score (nSPS) is 10.4. The number of carbonyl (C=O) groups is 2. The zero-order valence-electron chi connectivity index (χ0n) is 17.4. The van der Waals surface area contributed by atoms with E-state index in [1.54, 1.807) is 24.3 Å². The maximum atomic E-state index is 12.2. The van der Waals surface area contributed by atoms with Gasteiger partial charge in [-0.05, 0) is 35.7 Å². The Morgan fingerprint density at radius 1 is 1.03 bits per heavy atom. The van der Waals surface area contributed by atoms with Crippen molar-refractivity contribution in [2.75, 3.05) is 16.4 Å². The van der Waals surface area contributed by atoms with E-state index < -0.39 is 5.97 Å². The Kier molecular flexibility index (Phi) is 7.10. The monoisotopic (exact) mass is 420 g/mol. The lowest BCUT2D eigenvalue weighted by molar-refractivity contribution is -0.144. The Hall–Kier alpha value is -4.01. The highest BCUT2D eigenvalue weighted by atomic mass is 16.5. The molecule has 2 aromatic carbocycles. The summed E-state index contributed by atoms with van der Waals surface area (Å²) in [5, 5.41) is 5.81. The Morgan fingerprint density at radius 2 is 1.77 bits per heavy atom. The third kappa shape index (κ3) is 6.49. The summed E-state index contributed by atoms with van der Waals surface area (Å²) in [5.41, 5.74) is 9.20. The summed E-state index contributed by atoms with van der Waals surface area (Å²) in [5.74, 6) is -0.0228. The maximum absolute atomic E-state index is 12.2. The van der Waals surface area contributed by atoms with Gasteiger partial charge in [0.1, 0.15) is 0 Å². The molecule has 0 fully saturated rings. The number of amides is 1. The van der Waals surface area contributed by atoms with Crippen LogP contribution in [0.4, 0.5) is 23.3 Å². The summed E-state index contributed by atoms with van der Waals surface area (Å²) < 4.78 is 5.29. The van der Waals surface area contributed by atoms with Gasteiger partial charge in [0.25, 0.3) is 0 Å². The third-order valence-electron chi connectivity index (χ3n) is 4.33. The summed E-state index contributed by atoms with van der Waals surface area (Å²) in [4.78, 5) is 35.7. The van der Waals surface area contributed by atoms with E-state index in [9.17, 15) is 9.59 Å². The Balaban J connectivity index is 1.59. The number of nitrogens with one attached hydrogen (secondary N) is 2. The number of nitrogen functional groups attached to an aromatic ring is 1. The van der Waals surface area contributed by atoms with Crippen LogP contribution in [0.5, 0.6) is 0 Å². The van der Waals surface area contributed by atoms with Crippen molar-refractivity contribution in [1.82, 2.24) is 15.0 Å². The Bertz CT molecular complexity index is 1070. The van der Waals surface area contributed by atoms with Crippen molar-refractivity contribution in [3.8, 4) is 0 Å². The van der Waals surface area contributed by atoms with Crippen LogP contribution in [-0.2, 0) is 33.8 Å². The molecule has 0 unspecified atom stereocenters. The number of aromatic nitrogens is 3. The second-order valence-corrected chi connectivity index (χ2v) is 6.78. The first kappa shape index (κ1) is 21.7. The molecular weight excluding hydrogens is 396 g/mol. The summed E-state index contributed by atoms with van der Waals surface area (Å²) in [6.07, 6.45) is 0.926. The number of anilines is 4. The second-order valence-electron chi connectivity index (χ2n) is 6.78. The summed E-state index contributed by atoms with van der Waals surface area (Å²) in [6.45, 7) is 3.36. The third-order valence-corrected chi connectivity index (χ3v) is 4.33. The van der Waals surface area contributed by atoms with E-state index in [1.807, 2.05) is 24.3 Å². The molecule has 0 aliphatic rings. The number of hydrogen-bond acceptors (Lipinski definition) is 8. The molecule has 0 aliphatic heterocycles. The van der Waals surface area contributed by atoms with Crippen LogP contribution in [0.3, 0.4) is 0 Å². The minimum absolute atomic E-state index is 0.0334. The average molecular weight is 420 g/mol. The summed E-state index contributed by atoms with van der Waals surface area (Å²) in [6, 6.07) is 14.8. The topological polar surface area (TPSA) is 132 Å². The lowest BCUT2D eigenvalue weighted by atomic mass is 10.1. The first-order valence-electron chi connectivity index (χ1n) is 9.80. The molecule has 0 saturated heterocycles. The van der Waals surface area contributed by atoms with Crippen molar-refractivity contribution < 1.29 is 14.3 Å². The molecule has 4 N–H and O–H groups in total. The number of rotatable bonds is 8. The lowest BCUT2D eigenvalue weighted by Crippen LogP contribution is -2.12. The molecule has 160 valence electrons. The molecule has 0 saturated carbocycles. The number of nitrogens with zero attached hydrogens (tertiary/aromatic N) is 3. The van der Waals surface area contributed by atoms with Gasteiger partial charge in [-0.1, -0.05) is 37.3 Å². The molecule has 31 heavy (non-hydrogen) atoms. The van der Waals surface area contributed by atoms with Crippen LogP contribution in [0.25, 0.3) is 0 Å². The molecule has 9 nitrogen and oxygen atoms in total. The quantitative estimate of drug-likeness (QED) is 0.474. The average Bonchev–Trinajstić information content (AvgIpc) is 2.73. The second kappa shape index (κ2) is 10.1. The molecule has 3 aromatic rings. The molecule has 0 bridgehead atoms. The van der Waals surface area contributed by atoms with Gasteiger partial charge in [-0.2, -0.15) is 15.0 Å². The van der Waals surface area contributed by atoms with Crippen LogP contribution in [0.1, 0.15) is 30.8 Å². The van der Waals surface area contributed by atoms with Gasteiger partial charge in [-0.15, -0.1) is 0 Å². The van der Waals surface area contributed by atoms with Gasteiger partial charge in [0.05, 0.1) is 6.42 Å². The van der Waals surface area contributed by atoms with Crippen molar-refractivity contribution in [3.05, 3.63) is 65.5 Å². The number of aryl methyl sites for hydroxylation is 1. The molecule has 1 heterocycles. The number of carbonyl (C=O) groups excluding carboxylic acids is 2. The molecule has 0 spiro atoms. The van der Waals surface area contributed by atoms with Gasteiger partial charge >= 0.3 is 5.97 Å². The van der Waals surface area contributed by atoms with Gasteiger partial charge in [0.2, 0.25) is 17.8 Å². The fourth-order valence-corrected chi connectivity index (χ4v) is 2.90. The van der Waals surface area contributed by atoms with E-state index in [0.29, 0.717) is 5.69 Å². The highest BCUT2D eigenvalue weighted by molar-refractivity contribution is 5.88. The molecule has 0 atom stereocenters. The predicted molar refractivity (Wildman–Crippen MR) is 118 cm³/mol. The van der Waals surface area contributed by atoms with Crippen LogP contribution < -0.4 is 16.4 Å².